The summed E-state index contributed by atoms with van der Waals surface area (Å²) in [5.41, 5.74) is 0. The van der Waals surface area contributed by atoms with Gasteiger partial charge in [-0.2, -0.15) is 0 Å². The zero-order valence-electron chi connectivity index (χ0n) is 47.3. The highest BCUT2D eigenvalue weighted by atomic mass is 16.6. The summed E-state index contributed by atoms with van der Waals surface area (Å²) < 4.78 is 17.0. The molecule has 0 fully saturated rings. The van der Waals surface area contributed by atoms with Crippen LogP contribution in [0.15, 0.2) is 0 Å². The molecule has 0 aliphatic carbocycles. The molecule has 0 rings (SSSR count). The molecular weight excluding hydrogens is 853 g/mol. The Morgan fingerprint density at radius 3 is 0.710 bits per heavy atom. The Morgan fingerprint density at radius 2 is 0.478 bits per heavy atom. The molecule has 0 amide bonds. The number of ether oxygens (including phenoxy) is 3. The molecule has 0 aromatic heterocycles. The number of rotatable bonds is 58. The van der Waals surface area contributed by atoms with Gasteiger partial charge in [0.05, 0.1) is 0 Å². The molecule has 410 valence electrons. The van der Waals surface area contributed by atoms with Gasteiger partial charge in [0.1, 0.15) is 13.2 Å². The van der Waals surface area contributed by atoms with Gasteiger partial charge >= 0.3 is 17.9 Å². The lowest BCUT2D eigenvalue weighted by molar-refractivity contribution is -0.167. The largest absolute Gasteiger partial charge is 0.462 e. The molecule has 0 saturated heterocycles. The average molecular weight is 976 g/mol. The quantitative estimate of drug-likeness (QED) is 0.0343. The van der Waals surface area contributed by atoms with Crippen LogP contribution in [-0.4, -0.2) is 37.2 Å². The maximum absolute atomic E-state index is 12.9. The lowest BCUT2D eigenvalue weighted by Crippen LogP contribution is -2.30. The van der Waals surface area contributed by atoms with Crippen LogP contribution < -0.4 is 0 Å². The molecule has 0 saturated carbocycles. The lowest BCUT2D eigenvalue weighted by Gasteiger charge is -2.18. The summed E-state index contributed by atoms with van der Waals surface area (Å²) in [7, 11) is 0. The van der Waals surface area contributed by atoms with E-state index in [1.165, 1.54) is 257 Å². The van der Waals surface area contributed by atoms with Gasteiger partial charge in [-0.1, -0.05) is 323 Å². The maximum atomic E-state index is 12.9. The minimum absolute atomic E-state index is 0.0612. The Morgan fingerprint density at radius 1 is 0.275 bits per heavy atom. The standard InChI is InChI=1S/C63H122O6/c1-5-7-9-11-13-15-17-19-21-23-27-32-36-40-44-48-52-56-63(66)69-60(57-67-61(64)54-50-46-42-38-34-30-26-22-20-18-16-14-12-10-8-6-2)58-68-62(65)55-51-47-43-39-35-31-28-24-25-29-33-37-41-45-49-53-59(3)4/h59-60H,5-58H2,1-4H3/t60-/m0/s1. The Labute approximate surface area is 431 Å². The van der Waals surface area contributed by atoms with Crippen molar-refractivity contribution in [2.45, 2.75) is 368 Å². The summed E-state index contributed by atoms with van der Waals surface area (Å²) in [4.78, 5) is 38.3. The molecule has 0 unspecified atom stereocenters. The molecular formula is C63H122O6. The Bertz CT molecular complexity index is 1040. The Hall–Kier alpha value is -1.59. The van der Waals surface area contributed by atoms with Crippen LogP contribution >= 0.6 is 0 Å². The van der Waals surface area contributed by atoms with Gasteiger partial charge in [0.15, 0.2) is 6.10 Å². The zero-order chi connectivity index (χ0) is 50.2. The third kappa shape index (κ3) is 57.2. The number of hydrogen-bond acceptors (Lipinski definition) is 6. The van der Waals surface area contributed by atoms with Gasteiger partial charge in [-0.25, -0.2) is 0 Å². The first-order chi connectivity index (χ1) is 33.9. The molecule has 0 aliphatic rings. The van der Waals surface area contributed by atoms with Crippen LogP contribution in [-0.2, 0) is 28.6 Å². The molecule has 1 atom stereocenters. The van der Waals surface area contributed by atoms with E-state index in [1.807, 2.05) is 0 Å². The van der Waals surface area contributed by atoms with Crippen LogP contribution in [0.3, 0.4) is 0 Å². The van der Waals surface area contributed by atoms with E-state index < -0.39 is 6.10 Å². The van der Waals surface area contributed by atoms with Crippen LogP contribution in [0.25, 0.3) is 0 Å². The van der Waals surface area contributed by atoms with Gasteiger partial charge in [0.2, 0.25) is 0 Å². The third-order valence-electron chi connectivity index (χ3n) is 14.5. The highest BCUT2D eigenvalue weighted by Crippen LogP contribution is 2.19. The van der Waals surface area contributed by atoms with Crippen molar-refractivity contribution >= 4 is 17.9 Å². The predicted octanol–water partition coefficient (Wildman–Crippen LogP) is 21.0. The lowest BCUT2D eigenvalue weighted by atomic mass is 10.0. The normalized spacial score (nSPS) is 12.0. The van der Waals surface area contributed by atoms with Crippen molar-refractivity contribution in [3.8, 4) is 0 Å². The van der Waals surface area contributed by atoms with E-state index in [1.54, 1.807) is 0 Å². The number of esters is 3. The van der Waals surface area contributed by atoms with Gasteiger partial charge in [0.25, 0.3) is 0 Å². The molecule has 0 radical (unpaired) electrons. The fraction of sp³-hybridized carbons (Fsp3) is 0.952. The number of carbonyl (C=O) groups excluding carboxylic acids is 3. The molecule has 0 aliphatic heterocycles. The van der Waals surface area contributed by atoms with Crippen molar-refractivity contribution in [3.05, 3.63) is 0 Å². The summed E-state index contributed by atoms with van der Waals surface area (Å²) in [6.45, 7) is 9.09. The van der Waals surface area contributed by atoms with Crippen molar-refractivity contribution in [2.75, 3.05) is 13.2 Å². The molecule has 0 heterocycles. The molecule has 6 heteroatoms. The fourth-order valence-corrected chi connectivity index (χ4v) is 9.81. The van der Waals surface area contributed by atoms with Gasteiger partial charge in [0, 0.05) is 19.3 Å². The fourth-order valence-electron chi connectivity index (χ4n) is 9.81. The molecule has 0 aromatic rings. The second-order valence-electron chi connectivity index (χ2n) is 22.2. The van der Waals surface area contributed by atoms with Crippen molar-refractivity contribution in [3.63, 3.8) is 0 Å². The van der Waals surface area contributed by atoms with Crippen LogP contribution in [0.1, 0.15) is 362 Å². The second-order valence-corrected chi connectivity index (χ2v) is 22.2. The first kappa shape index (κ1) is 67.4. The van der Waals surface area contributed by atoms with Gasteiger partial charge in [-0.15, -0.1) is 0 Å². The Kier molecular flexibility index (Phi) is 56.0. The van der Waals surface area contributed by atoms with Crippen molar-refractivity contribution in [2.24, 2.45) is 5.92 Å². The highest BCUT2D eigenvalue weighted by Gasteiger charge is 2.19. The topological polar surface area (TPSA) is 78.9 Å². The van der Waals surface area contributed by atoms with E-state index in [4.69, 9.17) is 14.2 Å². The third-order valence-corrected chi connectivity index (χ3v) is 14.5. The molecule has 0 aromatic carbocycles. The monoisotopic (exact) mass is 975 g/mol. The summed E-state index contributed by atoms with van der Waals surface area (Å²) in [5, 5.41) is 0. The minimum atomic E-state index is -0.762. The number of carbonyl (C=O) groups is 3. The van der Waals surface area contributed by atoms with Crippen LogP contribution in [0, 0.1) is 5.92 Å². The number of unbranched alkanes of at least 4 members (excludes halogenated alkanes) is 45. The van der Waals surface area contributed by atoms with Gasteiger partial charge < -0.3 is 14.2 Å². The van der Waals surface area contributed by atoms with E-state index in [2.05, 4.69) is 27.7 Å². The molecule has 6 nitrogen and oxygen atoms in total. The van der Waals surface area contributed by atoms with Crippen LogP contribution in [0.4, 0.5) is 0 Å². The zero-order valence-corrected chi connectivity index (χ0v) is 47.3. The van der Waals surface area contributed by atoms with E-state index in [9.17, 15) is 14.4 Å². The summed E-state index contributed by atoms with van der Waals surface area (Å²) >= 11 is 0. The van der Waals surface area contributed by atoms with Crippen molar-refractivity contribution in [1.82, 2.24) is 0 Å². The van der Waals surface area contributed by atoms with E-state index >= 15 is 0 Å². The molecule has 0 bridgehead atoms. The molecule has 0 spiro atoms. The molecule has 69 heavy (non-hydrogen) atoms. The predicted molar refractivity (Wildman–Crippen MR) is 298 cm³/mol. The SMILES string of the molecule is CCCCCCCCCCCCCCCCCCCC(=O)O[C@@H](COC(=O)CCCCCCCCCCCCCCCCCC)COC(=O)CCCCCCCCCCCCCCCCCC(C)C. The van der Waals surface area contributed by atoms with Gasteiger partial charge in [-0.3, -0.25) is 14.4 Å². The first-order valence-electron chi connectivity index (χ1n) is 31.4. The van der Waals surface area contributed by atoms with E-state index in [-0.39, 0.29) is 31.1 Å². The number of hydrogen-bond donors (Lipinski definition) is 0. The van der Waals surface area contributed by atoms with Gasteiger partial charge in [-0.05, 0) is 25.2 Å². The van der Waals surface area contributed by atoms with Crippen molar-refractivity contribution in [1.29, 1.82) is 0 Å². The minimum Gasteiger partial charge on any atom is -0.462 e. The molecule has 0 N–H and O–H groups in total. The van der Waals surface area contributed by atoms with E-state index in [0.717, 1.165) is 63.7 Å². The second kappa shape index (κ2) is 57.3. The van der Waals surface area contributed by atoms with Crippen LogP contribution in [0.5, 0.6) is 0 Å². The van der Waals surface area contributed by atoms with Crippen LogP contribution in [0.2, 0.25) is 0 Å². The van der Waals surface area contributed by atoms with E-state index in [0.29, 0.717) is 19.3 Å². The highest BCUT2D eigenvalue weighted by molar-refractivity contribution is 5.71. The average Bonchev–Trinajstić information content (AvgIpc) is 3.34. The summed E-state index contributed by atoms with van der Waals surface area (Å²) in [5.74, 6) is 0.0210. The van der Waals surface area contributed by atoms with Crippen molar-refractivity contribution < 1.29 is 28.6 Å². The summed E-state index contributed by atoms with van der Waals surface area (Å²) in [6, 6.07) is 0. The smallest absolute Gasteiger partial charge is 0.306 e. The summed E-state index contributed by atoms with van der Waals surface area (Å²) in [6.07, 6.45) is 63.8. The Balaban J connectivity index is 4.29. The maximum Gasteiger partial charge on any atom is 0.306 e. The first-order valence-corrected chi connectivity index (χ1v) is 31.4.